The molecule has 0 aromatic heterocycles. The number of rotatable bonds is 7. The first-order chi connectivity index (χ1) is 15.4. The number of hydrogen-bond donors (Lipinski definition) is 3. The minimum Gasteiger partial charge on any atom is -0.479 e. The Bertz CT molecular complexity index is 978. The van der Waals surface area contributed by atoms with Crippen molar-refractivity contribution in [2.24, 2.45) is 0 Å². The van der Waals surface area contributed by atoms with E-state index in [1.165, 1.54) is 0 Å². The highest BCUT2D eigenvalue weighted by Gasteiger charge is 2.35. The van der Waals surface area contributed by atoms with Crippen LogP contribution < -0.4 is 10.6 Å². The molecule has 0 unspecified atom stereocenters. The minimum atomic E-state index is -1.10. The number of ether oxygens (including phenoxy) is 2. The number of carboxylic acid groups (broad SMARTS) is 1. The summed E-state index contributed by atoms with van der Waals surface area (Å²) < 4.78 is 10.6. The van der Waals surface area contributed by atoms with Gasteiger partial charge in [0.25, 0.3) is 0 Å². The predicted octanol–water partition coefficient (Wildman–Crippen LogP) is 2.66. The fraction of sp³-hybridized carbons (Fsp3) is 0.375. The highest BCUT2D eigenvalue weighted by atomic mass is 16.5. The van der Waals surface area contributed by atoms with Gasteiger partial charge in [0.1, 0.15) is 6.61 Å². The molecule has 2 aliphatic rings. The molecule has 1 aliphatic carbocycles. The van der Waals surface area contributed by atoms with E-state index in [9.17, 15) is 14.4 Å². The van der Waals surface area contributed by atoms with Crippen molar-refractivity contribution in [2.45, 2.75) is 43.9 Å². The van der Waals surface area contributed by atoms with Gasteiger partial charge >= 0.3 is 12.1 Å². The molecular weight excluding hydrogens is 412 g/mol. The molecule has 1 heterocycles. The molecule has 4 rings (SSSR count). The molecule has 168 valence electrons. The van der Waals surface area contributed by atoms with E-state index in [0.29, 0.717) is 6.42 Å². The van der Waals surface area contributed by atoms with Gasteiger partial charge < -0.3 is 25.2 Å². The van der Waals surface area contributed by atoms with Crippen molar-refractivity contribution >= 4 is 18.0 Å². The molecule has 0 saturated carbocycles. The summed E-state index contributed by atoms with van der Waals surface area (Å²) in [4.78, 5) is 35.7. The third-order valence-corrected chi connectivity index (χ3v) is 5.88. The predicted molar refractivity (Wildman–Crippen MR) is 116 cm³/mol. The number of hydrogen-bond acceptors (Lipinski definition) is 5. The zero-order valence-corrected chi connectivity index (χ0v) is 17.7. The quantitative estimate of drug-likeness (QED) is 0.612. The molecule has 0 radical (unpaired) electrons. The van der Waals surface area contributed by atoms with Crippen molar-refractivity contribution in [3.63, 3.8) is 0 Å². The molecule has 1 fully saturated rings. The molecule has 3 atom stereocenters. The molecule has 1 aliphatic heterocycles. The van der Waals surface area contributed by atoms with E-state index in [2.05, 4.69) is 22.8 Å². The smallest absolute Gasteiger partial charge is 0.407 e. The van der Waals surface area contributed by atoms with Gasteiger partial charge in [-0.15, -0.1) is 0 Å². The number of carboxylic acids is 1. The number of nitrogens with one attached hydrogen (secondary N) is 2. The Hall–Kier alpha value is -3.39. The van der Waals surface area contributed by atoms with Gasteiger partial charge in [0.15, 0.2) is 6.10 Å². The molecule has 8 heteroatoms. The zero-order valence-electron chi connectivity index (χ0n) is 17.7. The summed E-state index contributed by atoms with van der Waals surface area (Å²) in [5.74, 6) is -1.49. The Balaban J connectivity index is 1.28. The molecule has 3 N–H and O–H groups in total. The number of carbonyl (C=O) groups is 3. The second-order valence-electron chi connectivity index (χ2n) is 8.17. The largest absolute Gasteiger partial charge is 0.479 e. The number of carbonyl (C=O) groups excluding carboxylic acids is 2. The van der Waals surface area contributed by atoms with Gasteiger partial charge in [0.05, 0.1) is 6.04 Å². The number of alkyl carbamates (subject to hydrolysis) is 1. The summed E-state index contributed by atoms with van der Waals surface area (Å²) in [6.07, 6.45) is -1.19. The van der Waals surface area contributed by atoms with E-state index in [0.717, 1.165) is 22.3 Å². The third-order valence-electron chi connectivity index (χ3n) is 5.88. The van der Waals surface area contributed by atoms with E-state index in [1.807, 2.05) is 36.4 Å². The Morgan fingerprint density at radius 2 is 1.72 bits per heavy atom. The summed E-state index contributed by atoms with van der Waals surface area (Å²) in [7, 11) is 0. The van der Waals surface area contributed by atoms with Crippen LogP contribution in [0.5, 0.6) is 0 Å². The van der Waals surface area contributed by atoms with Crippen LogP contribution in [0, 0.1) is 0 Å². The maximum atomic E-state index is 12.3. The van der Waals surface area contributed by atoms with E-state index in [4.69, 9.17) is 14.6 Å². The highest BCUT2D eigenvalue weighted by molar-refractivity contribution is 5.81. The lowest BCUT2D eigenvalue weighted by Crippen LogP contribution is -2.46. The second kappa shape index (κ2) is 9.40. The first-order valence-corrected chi connectivity index (χ1v) is 10.7. The van der Waals surface area contributed by atoms with E-state index >= 15 is 0 Å². The summed E-state index contributed by atoms with van der Waals surface area (Å²) in [6, 6.07) is 15.1. The summed E-state index contributed by atoms with van der Waals surface area (Å²) in [6.45, 7) is 2.18. The second-order valence-corrected chi connectivity index (χ2v) is 8.17. The topological polar surface area (TPSA) is 114 Å². The lowest BCUT2D eigenvalue weighted by molar-refractivity contribution is -0.148. The first kappa shape index (κ1) is 21.8. The Kier molecular flexibility index (Phi) is 6.41. The van der Waals surface area contributed by atoms with E-state index < -0.39 is 30.3 Å². The Morgan fingerprint density at radius 1 is 1.09 bits per heavy atom. The monoisotopic (exact) mass is 438 g/mol. The van der Waals surface area contributed by atoms with Crippen molar-refractivity contribution < 1.29 is 29.0 Å². The SMILES string of the molecule is C[C@H](CC(=O)N[C@H]1CCO[C@H]1C(=O)O)NC(=O)OCC1c2ccccc2-c2ccccc21. The zero-order chi connectivity index (χ0) is 22.7. The molecule has 8 nitrogen and oxygen atoms in total. The number of benzene rings is 2. The fourth-order valence-corrected chi connectivity index (χ4v) is 4.42. The lowest BCUT2D eigenvalue weighted by atomic mass is 9.98. The van der Waals surface area contributed by atoms with Crippen LogP contribution in [-0.4, -0.2) is 54.5 Å². The average molecular weight is 438 g/mol. The van der Waals surface area contributed by atoms with Gasteiger partial charge in [-0.05, 0) is 35.6 Å². The van der Waals surface area contributed by atoms with Gasteiger partial charge in [-0.3, -0.25) is 4.79 Å². The van der Waals surface area contributed by atoms with Crippen LogP contribution in [0.15, 0.2) is 48.5 Å². The first-order valence-electron chi connectivity index (χ1n) is 10.7. The summed E-state index contributed by atoms with van der Waals surface area (Å²) in [5, 5.41) is 14.5. The fourth-order valence-electron chi connectivity index (χ4n) is 4.42. The molecule has 0 spiro atoms. The molecule has 0 bridgehead atoms. The average Bonchev–Trinajstić information content (AvgIpc) is 3.34. The molecule has 1 saturated heterocycles. The van der Waals surface area contributed by atoms with Crippen LogP contribution in [0.2, 0.25) is 0 Å². The maximum absolute atomic E-state index is 12.3. The van der Waals surface area contributed by atoms with Gasteiger partial charge in [0.2, 0.25) is 5.91 Å². The van der Waals surface area contributed by atoms with Crippen LogP contribution >= 0.6 is 0 Å². The van der Waals surface area contributed by atoms with Crippen molar-refractivity contribution in [2.75, 3.05) is 13.2 Å². The van der Waals surface area contributed by atoms with Crippen LogP contribution in [0.4, 0.5) is 4.79 Å². The minimum absolute atomic E-state index is 0.00698. The van der Waals surface area contributed by atoms with Gasteiger partial charge in [-0.25, -0.2) is 9.59 Å². The summed E-state index contributed by atoms with van der Waals surface area (Å²) in [5.41, 5.74) is 4.55. The molecule has 32 heavy (non-hydrogen) atoms. The van der Waals surface area contributed by atoms with Gasteiger partial charge in [0, 0.05) is 25.0 Å². The van der Waals surface area contributed by atoms with Crippen LogP contribution in [-0.2, 0) is 19.1 Å². The number of amides is 2. The number of fused-ring (bicyclic) bond motifs is 3. The highest BCUT2D eigenvalue weighted by Crippen LogP contribution is 2.44. The van der Waals surface area contributed by atoms with Crippen LogP contribution in [0.25, 0.3) is 11.1 Å². The normalized spacial score (nSPS) is 20.2. The molecule has 2 aromatic carbocycles. The Labute approximate surface area is 185 Å². The molecular formula is C24H26N2O6. The Morgan fingerprint density at radius 3 is 2.34 bits per heavy atom. The molecule has 2 aromatic rings. The van der Waals surface area contributed by atoms with Crippen molar-refractivity contribution in [1.82, 2.24) is 10.6 Å². The van der Waals surface area contributed by atoms with Crippen molar-refractivity contribution in [3.05, 3.63) is 59.7 Å². The molecule has 2 amide bonds. The van der Waals surface area contributed by atoms with E-state index in [-0.39, 0.29) is 31.5 Å². The van der Waals surface area contributed by atoms with Crippen LogP contribution in [0.1, 0.15) is 36.8 Å². The van der Waals surface area contributed by atoms with Crippen molar-refractivity contribution in [1.29, 1.82) is 0 Å². The van der Waals surface area contributed by atoms with Crippen molar-refractivity contribution in [3.8, 4) is 11.1 Å². The summed E-state index contributed by atoms with van der Waals surface area (Å²) >= 11 is 0. The maximum Gasteiger partial charge on any atom is 0.407 e. The standard InChI is InChI=1S/C24H26N2O6/c1-14(12-21(27)26-20-10-11-31-22(20)23(28)29)25-24(30)32-13-19-17-8-4-2-6-15(17)16-7-3-5-9-18(16)19/h2-9,14,19-20,22H,10-13H2,1H3,(H,25,30)(H,26,27)(H,28,29)/t14-,20+,22-/m1/s1. The van der Waals surface area contributed by atoms with Gasteiger partial charge in [-0.2, -0.15) is 0 Å². The van der Waals surface area contributed by atoms with E-state index in [1.54, 1.807) is 6.92 Å². The van der Waals surface area contributed by atoms with Crippen LogP contribution in [0.3, 0.4) is 0 Å². The third kappa shape index (κ3) is 4.60. The number of aliphatic carboxylic acids is 1. The lowest BCUT2D eigenvalue weighted by Gasteiger charge is -2.19. The van der Waals surface area contributed by atoms with Gasteiger partial charge in [-0.1, -0.05) is 48.5 Å².